The summed E-state index contributed by atoms with van der Waals surface area (Å²) >= 11 is 0. The van der Waals surface area contributed by atoms with Crippen LogP contribution < -0.4 is 9.30 Å². The van der Waals surface area contributed by atoms with Crippen LogP contribution in [0.1, 0.15) is 105 Å². The minimum atomic E-state index is -2.96. The van der Waals surface area contributed by atoms with Crippen molar-refractivity contribution in [1.82, 2.24) is 14.1 Å². The molecule has 0 N–H and O–H groups in total. The molecule has 0 fully saturated rings. The number of pyridine rings is 1. The number of benzene rings is 13. The Morgan fingerprint density at radius 2 is 0.929 bits per heavy atom. The molecule has 482 valence electrons. The average molecular weight is 1490 g/mol. The Kier molecular flexibility index (Phi) is 9.53. The number of fused-ring (bicyclic) bond motifs is 4. The average Bonchev–Trinajstić information content (AvgIpc) is 1.70. The maximum atomic E-state index is 10.7. The summed E-state index contributed by atoms with van der Waals surface area (Å²) in [4.78, 5) is 4.71. The molecule has 3 heterocycles. The van der Waals surface area contributed by atoms with Crippen LogP contribution >= 0.6 is 0 Å². The zero-order valence-electron chi connectivity index (χ0n) is 87.6. The molecule has 0 spiro atoms. The second-order valence-electron chi connectivity index (χ2n) is 25.0. The van der Waals surface area contributed by atoms with Gasteiger partial charge in [-0.3, -0.25) is 4.57 Å². The van der Waals surface area contributed by atoms with Crippen LogP contribution in [-0.2, 0) is 31.9 Å². The van der Waals surface area contributed by atoms with Crippen molar-refractivity contribution >= 4 is 32.8 Å². The molecule has 0 unspecified atom stereocenters. The Bertz CT molecular complexity index is 7190. The van der Waals surface area contributed by atoms with Gasteiger partial charge in [-0.1, -0.05) is 265 Å². The second kappa shape index (κ2) is 26.3. The van der Waals surface area contributed by atoms with Gasteiger partial charge in [0.25, 0.3) is 6.33 Å². The van der Waals surface area contributed by atoms with Crippen molar-refractivity contribution in [2.75, 3.05) is 0 Å². The van der Waals surface area contributed by atoms with Gasteiger partial charge in [0.2, 0.25) is 0 Å². The number of hydrogen-bond acceptors (Lipinski definition) is 2. The maximum absolute atomic E-state index is 10.7. The van der Waals surface area contributed by atoms with Gasteiger partial charge in [-0.2, -0.15) is 18.2 Å². The van der Waals surface area contributed by atoms with Crippen molar-refractivity contribution in [1.29, 1.82) is 0 Å². The van der Waals surface area contributed by atoms with Crippen LogP contribution in [0.4, 0.5) is 0 Å². The van der Waals surface area contributed by atoms with Crippen molar-refractivity contribution in [3.05, 3.63) is 344 Å². The number of nitrogens with zero attached hydrogens (tertiary/aromatic N) is 4. The summed E-state index contributed by atoms with van der Waals surface area (Å²) < 4.78 is 325. The molecule has 5 nitrogen and oxygen atoms in total. The minimum Gasteiger partial charge on any atom is -0.510 e. The Hall–Kier alpha value is -11.2. The Morgan fingerprint density at radius 3 is 1.46 bits per heavy atom. The van der Waals surface area contributed by atoms with Crippen LogP contribution in [0.15, 0.2) is 309 Å². The Balaban J connectivity index is 0.0000135. The molecule has 16 aromatic rings. The molecule has 0 saturated heterocycles. The zero-order chi connectivity index (χ0) is 96.1. The molecule has 3 aromatic heterocycles. The summed E-state index contributed by atoms with van der Waals surface area (Å²) in [6, 6.07) is 9.35. The molecule has 99 heavy (non-hydrogen) atoms. The largest absolute Gasteiger partial charge is 0.510 e. The quantitative estimate of drug-likeness (QED) is 0.0852. The predicted octanol–water partition coefficient (Wildman–Crippen LogP) is 23.8. The number of ether oxygens (including phenoxy) is 1. The fraction of sp³-hybridized carbons (Fsp3) is 0.0968. The summed E-state index contributed by atoms with van der Waals surface area (Å²) in [6.07, 6.45) is 4.57. The van der Waals surface area contributed by atoms with Crippen LogP contribution in [-0.4, -0.2) is 14.1 Å². The van der Waals surface area contributed by atoms with Crippen LogP contribution in [0.25, 0.3) is 139 Å². The molecule has 6 heteroatoms. The fourth-order valence-corrected chi connectivity index (χ4v) is 11.8. The predicted molar refractivity (Wildman–Crippen MR) is 406 cm³/mol. The fourth-order valence-electron chi connectivity index (χ4n) is 11.8. The van der Waals surface area contributed by atoms with E-state index in [1.165, 1.54) is 33.4 Å². The first-order chi connectivity index (χ1) is 61.8. The van der Waals surface area contributed by atoms with E-state index in [1.54, 1.807) is 71.3 Å². The van der Waals surface area contributed by atoms with E-state index in [0.717, 1.165) is 17.3 Å². The molecule has 13 aromatic carbocycles. The van der Waals surface area contributed by atoms with Gasteiger partial charge in [0.1, 0.15) is 5.82 Å². The van der Waals surface area contributed by atoms with Gasteiger partial charge in [-0.15, -0.1) is 29.7 Å². The van der Waals surface area contributed by atoms with Gasteiger partial charge in [-0.05, 0) is 183 Å². The smallest absolute Gasteiger partial charge is 0.268 e. The van der Waals surface area contributed by atoms with Crippen molar-refractivity contribution in [3.63, 3.8) is 0 Å². The molecule has 0 aliphatic heterocycles. The van der Waals surface area contributed by atoms with Crippen molar-refractivity contribution in [2.24, 2.45) is 0 Å². The SMILES string of the molecule is [2H]c1c([2H])c([2H])c(-c2cnc(-n3c4[c-]c(Oc5[c-]c(-n6[c-][n+](-c7c(-c8c([2H])c(-c9c([2H])c([2H])c([2H])c([2H])c9[2H])c([2H])c(-c9c([2H])c([2H])c([2H])c([2H])c9[2H])c8[2H])cccc7-c7c([2H])c(-c8c([2H])c([2H])c([2H])c([2H])c8[2H])c([2H])c(-c8c([2H])c([2H])c([2H])c([2H])c8[2H])c7[2H])c7ccc(-c8cc(C(C)(C)C)cc(C(C)(C)C)c8)cc76)ccc5)ccc4c4ccccc43)cc2C([2H])([2H])[2H])c([2H])c1[2H].[Pt]. The van der Waals surface area contributed by atoms with Crippen molar-refractivity contribution in [2.45, 2.75) is 59.2 Å². The summed E-state index contributed by atoms with van der Waals surface area (Å²) in [6.45, 7) is 9.35. The standard InChI is InChI=1S/C93H72N4O.Pt/c1-62-47-90(94-60-85(62)67-35-21-12-22-36-67)97-86-42-24-23-39-83(86)84-45-44-80(59-88(84)97)98-79-38-25-37-78(58-79)95-61-96(87-46-43-68(56-89(87)95)73-54-76(92(2,3)4)57-77(55-73)93(5,6)7)91-81(74-50-69(63-27-13-8-14-28-63)48-70(51-74)64-29-15-9-16-30-64)40-26-41-82(91)75-52-71(65-31-17-10-18-32-65)49-72(53-75)66-33-19-11-20-34-66;/h8-57,60H,1-7H3;/q-2;/i1D3,8D,9D,10D,11D,12D,13D,14D,15D,16D,17D,18D,19D,20D,21D,22D,27D,28D,29D,30D,31D,32D,33D,34D,35D,36D,48D,49D,50D,51D,52D,53D;. The van der Waals surface area contributed by atoms with Gasteiger partial charge >= 0.3 is 0 Å². The maximum Gasteiger partial charge on any atom is 0.268 e. The summed E-state index contributed by atoms with van der Waals surface area (Å²) in [5.41, 5.74) is -7.20. The third kappa shape index (κ3) is 12.6. The molecule has 0 saturated carbocycles. The summed E-state index contributed by atoms with van der Waals surface area (Å²) in [5.74, 6) is 0.0231. The van der Waals surface area contributed by atoms with E-state index in [-0.39, 0.29) is 71.7 Å². The number of para-hydroxylation sites is 2. The molecular weight excluding hydrogens is 1380 g/mol. The first-order valence-corrected chi connectivity index (χ1v) is 31.0. The summed E-state index contributed by atoms with van der Waals surface area (Å²) in [7, 11) is 0. The molecule has 0 aliphatic carbocycles. The Morgan fingerprint density at radius 1 is 0.424 bits per heavy atom. The molecule has 0 aliphatic rings. The van der Waals surface area contributed by atoms with Crippen molar-refractivity contribution in [3.8, 4) is 118 Å². The molecular formula is C93H72N4OPt-2. The van der Waals surface area contributed by atoms with Crippen LogP contribution in [0.2, 0.25) is 0 Å². The third-order valence-corrected chi connectivity index (χ3v) is 16.6. The minimum absolute atomic E-state index is 0. The van der Waals surface area contributed by atoms with Gasteiger partial charge in [0, 0.05) is 54.0 Å². The van der Waals surface area contributed by atoms with Crippen LogP contribution in [0.5, 0.6) is 11.5 Å². The van der Waals surface area contributed by atoms with E-state index in [1.807, 2.05) is 18.2 Å². The number of aryl methyl sites for hydroxylation is 1. The number of aromatic nitrogens is 4. The molecule has 0 radical (unpaired) electrons. The molecule has 0 amide bonds. The van der Waals surface area contributed by atoms with E-state index in [2.05, 4.69) is 66.1 Å². The second-order valence-corrected chi connectivity index (χ2v) is 25.0. The molecule has 0 bridgehead atoms. The Labute approximate surface area is 642 Å². The first-order valence-electron chi connectivity index (χ1n) is 48.0. The van der Waals surface area contributed by atoms with Gasteiger partial charge in [-0.25, -0.2) is 4.98 Å². The van der Waals surface area contributed by atoms with Crippen LogP contribution in [0.3, 0.4) is 0 Å². The van der Waals surface area contributed by atoms with E-state index in [9.17, 15) is 19.2 Å². The third-order valence-electron chi connectivity index (χ3n) is 16.6. The normalized spacial score (nSPS) is 16.7. The van der Waals surface area contributed by atoms with Gasteiger partial charge in [0.15, 0.2) is 0 Å². The first kappa shape index (κ1) is 35.8. The monoisotopic (exact) mass is 1490 g/mol. The zero-order valence-corrected chi connectivity index (χ0v) is 55.8. The van der Waals surface area contributed by atoms with Gasteiger partial charge < -0.3 is 13.9 Å². The number of rotatable bonds is 13. The molecule has 16 rings (SSSR count). The number of imidazole rings is 1. The topological polar surface area (TPSA) is 35.9 Å². The van der Waals surface area contributed by atoms with Crippen molar-refractivity contribution < 1.29 is 77.0 Å². The summed E-state index contributed by atoms with van der Waals surface area (Å²) in [5, 5.41) is 1.22. The number of hydrogen-bond donors (Lipinski definition) is 0. The molecule has 0 atom stereocenters. The van der Waals surface area contributed by atoms with E-state index < -0.39 is 283 Å². The van der Waals surface area contributed by atoms with Crippen LogP contribution in [0, 0.1) is 25.3 Å². The van der Waals surface area contributed by atoms with E-state index >= 15 is 0 Å². The van der Waals surface area contributed by atoms with E-state index in [4.69, 9.17) is 37.1 Å². The van der Waals surface area contributed by atoms with E-state index in [0.29, 0.717) is 27.4 Å². The van der Waals surface area contributed by atoms with Gasteiger partial charge in [0.05, 0.1) is 59.2 Å².